The summed E-state index contributed by atoms with van der Waals surface area (Å²) in [6.45, 7) is 1.87. The third-order valence-electron chi connectivity index (χ3n) is 2.61. The molecule has 78 valence electrons. The average Bonchev–Trinajstić information content (AvgIpc) is 2.70. The highest BCUT2D eigenvalue weighted by molar-refractivity contribution is 5.90. The van der Waals surface area contributed by atoms with Gasteiger partial charge in [0.05, 0.1) is 0 Å². The Balaban J connectivity index is 2.31. The van der Waals surface area contributed by atoms with Crippen molar-refractivity contribution in [1.29, 1.82) is 0 Å². The van der Waals surface area contributed by atoms with Gasteiger partial charge in [0.1, 0.15) is 5.52 Å². The molecular weight excluding hydrogens is 198 g/mol. The molecule has 2 heteroatoms. The van der Waals surface area contributed by atoms with E-state index in [9.17, 15) is 0 Å². The van der Waals surface area contributed by atoms with Crippen molar-refractivity contribution >= 4 is 11.1 Å². The van der Waals surface area contributed by atoms with Gasteiger partial charge in [-0.3, -0.25) is 0 Å². The van der Waals surface area contributed by atoms with E-state index in [1.165, 1.54) is 5.56 Å². The molecule has 0 amide bonds. The molecule has 3 aromatic rings. The summed E-state index contributed by atoms with van der Waals surface area (Å²) in [5.41, 5.74) is 4.07. The number of para-hydroxylation sites is 1. The Bertz CT molecular complexity index is 626. The van der Waals surface area contributed by atoms with Crippen LogP contribution in [0.4, 0.5) is 0 Å². The van der Waals surface area contributed by atoms with Crippen molar-refractivity contribution in [3.05, 3.63) is 54.4 Å². The first-order valence-electron chi connectivity index (χ1n) is 5.26. The first-order valence-corrected chi connectivity index (χ1v) is 5.26. The lowest BCUT2D eigenvalue weighted by atomic mass is 10.0. The van der Waals surface area contributed by atoms with Gasteiger partial charge in [-0.25, -0.2) is 4.98 Å². The number of aryl methyl sites for hydroxylation is 1. The normalized spacial score (nSPS) is 10.8. The monoisotopic (exact) mass is 209 g/mol. The smallest absolute Gasteiger partial charge is 0.192 e. The maximum Gasteiger partial charge on any atom is 0.192 e. The highest BCUT2D eigenvalue weighted by atomic mass is 16.3. The topological polar surface area (TPSA) is 26.0 Å². The van der Waals surface area contributed by atoms with E-state index in [4.69, 9.17) is 4.42 Å². The molecule has 0 aliphatic rings. The van der Waals surface area contributed by atoms with Crippen LogP contribution in [0, 0.1) is 6.92 Å². The van der Waals surface area contributed by atoms with Gasteiger partial charge < -0.3 is 4.42 Å². The van der Waals surface area contributed by atoms with Crippen molar-refractivity contribution in [1.82, 2.24) is 4.98 Å². The summed E-state index contributed by atoms with van der Waals surface area (Å²) >= 11 is 0. The number of hydrogen-bond acceptors (Lipinski definition) is 2. The van der Waals surface area contributed by atoms with Gasteiger partial charge >= 0.3 is 0 Å². The Labute approximate surface area is 93.5 Å². The lowest BCUT2D eigenvalue weighted by Crippen LogP contribution is -1.79. The molecule has 3 rings (SSSR count). The molecule has 2 nitrogen and oxygen atoms in total. The van der Waals surface area contributed by atoms with E-state index >= 15 is 0 Å². The van der Waals surface area contributed by atoms with Crippen molar-refractivity contribution in [2.24, 2.45) is 0 Å². The van der Waals surface area contributed by atoms with E-state index in [2.05, 4.69) is 23.2 Å². The molecule has 0 saturated carbocycles. The van der Waals surface area contributed by atoms with Gasteiger partial charge in [-0.05, 0) is 11.6 Å². The second kappa shape index (κ2) is 3.49. The number of benzene rings is 2. The van der Waals surface area contributed by atoms with Crippen LogP contribution in [0.3, 0.4) is 0 Å². The molecule has 0 saturated heterocycles. The Hall–Kier alpha value is -2.09. The van der Waals surface area contributed by atoms with Gasteiger partial charge in [0, 0.05) is 12.5 Å². The number of hydrogen-bond donors (Lipinski definition) is 0. The first-order chi connectivity index (χ1) is 7.84. The number of aromatic nitrogens is 1. The molecule has 0 bridgehead atoms. The number of nitrogens with zero attached hydrogens (tertiary/aromatic N) is 1. The summed E-state index contributed by atoms with van der Waals surface area (Å²) in [7, 11) is 0. The van der Waals surface area contributed by atoms with Crippen molar-refractivity contribution in [2.75, 3.05) is 0 Å². The molecule has 0 fully saturated rings. The zero-order chi connectivity index (χ0) is 11.0. The predicted molar refractivity (Wildman–Crippen MR) is 64.2 cm³/mol. The standard InChI is InChI=1S/C14H11NO/c1-10-15-14-12(8-5-9-13(14)16-10)11-6-3-2-4-7-11/h2-9H,1H3. The molecule has 0 unspecified atom stereocenters. The summed E-state index contributed by atoms with van der Waals surface area (Å²) in [6.07, 6.45) is 0. The maximum absolute atomic E-state index is 5.52. The summed E-state index contributed by atoms with van der Waals surface area (Å²) < 4.78 is 5.52. The minimum Gasteiger partial charge on any atom is -0.441 e. The van der Waals surface area contributed by atoms with Crippen LogP contribution in [0.25, 0.3) is 22.2 Å². The van der Waals surface area contributed by atoms with Crippen molar-refractivity contribution in [3.8, 4) is 11.1 Å². The fourth-order valence-electron chi connectivity index (χ4n) is 1.91. The van der Waals surface area contributed by atoms with Gasteiger partial charge in [0.2, 0.25) is 0 Å². The molecule has 1 aromatic heterocycles. The first kappa shape index (κ1) is 9.16. The Kier molecular flexibility index (Phi) is 2.00. The van der Waals surface area contributed by atoms with Crippen LogP contribution in [0.5, 0.6) is 0 Å². The second-order valence-electron chi connectivity index (χ2n) is 3.75. The molecule has 0 atom stereocenters. The van der Waals surface area contributed by atoms with Gasteiger partial charge in [-0.15, -0.1) is 0 Å². The predicted octanol–water partition coefficient (Wildman–Crippen LogP) is 3.80. The van der Waals surface area contributed by atoms with Crippen LogP contribution in [-0.4, -0.2) is 4.98 Å². The summed E-state index contributed by atoms with van der Waals surface area (Å²) in [4.78, 5) is 4.42. The number of fused-ring (bicyclic) bond motifs is 1. The van der Waals surface area contributed by atoms with Crippen LogP contribution in [-0.2, 0) is 0 Å². The molecule has 0 spiro atoms. The van der Waals surface area contributed by atoms with Crippen LogP contribution < -0.4 is 0 Å². The summed E-state index contributed by atoms with van der Waals surface area (Å²) in [5.74, 6) is 0.707. The molecule has 1 heterocycles. The molecule has 0 aliphatic carbocycles. The molecule has 16 heavy (non-hydrogen) atoms. The number of rotatable bonds is 1. The van der Waals surface area contributed by atoms with E-state index in [0.717, 1.165) is 16.7 Å². The van der Waals surface area contributed by atoms with E-state index < -0.39 is 0 Å². The van der Waals surface area contributed by atoms with Gasteiger partial charge in [-0.2, -0.15) is 0 Å². The van der Waals surface area contributed by atoms with Crippen LogP contribution in [0.1, 0.15) is 5.89 Å². The zero-order valence-corrected chi connectivity index (χ0v) is 8.97. The van der Waals surface area contributed by atoms with E-state index in [1.807, 2.05) is 37.3 Å². The third kappa shape index (κ3) is 1.39. The van der Waals surface area contributed by atoms with Crippen LogP contribution in [0.2, 0.25) is 0 Å². The SMILES string of the molecule is Cc1nc2c(-c3ccccc3)cccc2o1. The lowest BCUT2D eigenvalue weighted by molar-refractivity contribution is 0.561. The maximum atomic E-state index is 5.52. The van der Waals surface area contributed by atoms with Gasteiger partial charge in [0.25, 0.3) is 0 Å². The van der Waals surface area contributed by atoms with Crippen molar-refractivity contribution < 1.29 is 4.42 Å². The Morgan fingerprint density at radius 3 is 2.56 bits per heavy atom. The van der Waals surface area contributed by atoms with E-state index in [0.29, 0.717) is 5.89 Å². The largest absolute Gasteiger partial charge is 0.441 e. The van der Waals surface area contributed by atoms with Crippen molar-refractivity contribution in [3.63, 3.8) is 0 Å². The van der Waals surface area contributed by atoms with Crippen molar-refractivity contribution in [2.45, 2.75) is 6.92 Å². The van der Waals surface area contributed by atoms with Crippen LogP contribution in [0.15, 0.2) is 52.9 Å². The van der Waals surface area contributed by atoms with E-state index in [1.54, 1.807) is 0 Å². The quantitative estimate of drug-likeness (QED) is 0.609. The average molecular weight is 209 g/mol. The zero-order valence-electron chi connectivity index (χ0n) is 8.97. The minimum absolute atomic E-state index is 0.707. The molecular formula is C14H11NO. The lowest BCUT2D eigenvalue weighted by Gasteiger charge is -2.00. The summed E-state index contributed by atoms with van der Waals surface area (Å²) in [6, 6.07) is 16.2. The second-order valence-corrected chi connectivity index (χ2v) is 3.75. The molecule has 0 aliphatic heterocycles. The Morgan fingerprint density at radius 1 is 0.938 bits per heavy atom. The number of oxazole rings is 1. The fourth-order valence-corrected chi connectivity index (χ4v) is 1.91. The highest BCUT2D eigenvalue weighted by Gasteiger charge is 2.08. The van der Waals surface area contributed by atoms with E-state index in [-0.39, 0.29) is 0 Å². The fraction of sp³-hybridized carbons (Fsp3) is 0.0714. The molecule has 0 radical (unpaired) electrons. The summed E-state index contributed by atoms with van der Waals surface area (Å²) in [5, 5.41) is 0. The minimum atomic E-state index is 0.707. The van der Waals surface area contributed by atoms with Gasteiger partial charge in [0.15, 0.2) is 11.5 Å². The highest BCUT2D eigenvalue weighted by Crippen LogP contribution is 2.28. The third-order valence-corrected chi connectivity index (χ3v) is 2.61. The molecule has 0 N–H and O–H groups in total. The Morgan fingerprint density at radius 2 is 1.75 bits per heavy atom. The van der Waals surface area contributed by atoms with Gasteiger partial charge in [-0.1, -0.05) is 42.5 Å². The molecule has 2 aromatic carbocycles. The van der Waals surface area contributed by atoms with Crippen LogP contribution >= 0.6 is 0 Å².